The van der Waals surface area contributed by atoms with Gasteiger partial charge in [0, 0.05) is 55.9 Å². The van der Waals surface area contributed by atoms with Crippen LogP contribution in [-0.4, -0.2) is 77.3 Å². The van der Waals surface area contributed by atoms with Crippen LogP contribution in [-0.2, 0) is 14.4 Å². The van der Waals surface area contributed by atoms with Gasteiger partial charge in [0.2, 0.25) is 5.91 Å². The summed E-state index contributed by atoms with van der Waals surface area (Å²) in [7, 11) is 1.68. The molecule has 0 atom stereocenters. The molecule has 0 bridgehead atoms. The lowest BCUT2D eigenvalue weighted by Crippen LogP contribution is -2.43. The van der Waals surface area contributed by atoms with Gasteiger partial charge in [0.25, 0.3) is 5.91 Å². The predicted octanol–water partition coefficient (Wildman–Crippen LogP) is 6.37. The zero-order chi connectivity index (χ0) is 33.4. The molecule has 1 aromatic carbocycles. The number of nitrogens with one attached hydrogen (secondary N) is 3. The van der Waals surface area contributed by atoms with Gasteiger partial charge in [-0.3, -0.25) is 24.7 Å². The lowest BCUT2D eigenvalue weighted by molar-refractivity contribution is -0.204. The van der Waals surface area contributed by atoms with Crippen LogP contribution < -0.4 is 16.0 Å². The predicted molar refractivity (Wildman–Crippen MR) is 177 cm³/mol. The molecule has 1 aromatic heterocycles. The molecule has 0 unspecified atom stereocenters. The number of nitrogens with zero attached hydrogens (tertiary/aromatic N) is 3. The summed E-state index contributed by atoms with van der Waals surface area (Å²) in [5.74, 6) is -0.257. The number of likely N-dealkylation sites (N-methyl/N-ethyl adjacent to an activating group) is 1. The highest BCUT2D eigenvalue weighted by Crippen LogP contribution is 2.24. The van der Waals surface area contributed by atoms with Gasteiger partial charge in [-0.25, -0.2) is 14.7 Å². The number of aromatic nitrogens is 1. The minimum absolute atomic E-state index is 0.0309. The van der Waals surface area contributed by atoms with Crippen molar-refractivity contribution in [2.24, 2.45) is 0 Å². The third kappa shape index (κ3) is 13.4. The molecular weight excluding hydrogens is 588 g/mol. The Kier molecular flexibility index (Phi) is 14.7. The van der Waals surface area contributed by atoms with E-state index in [1.165, 1.54) is 0 Å². The van der Waals surface area contributed by atoms with E-state index in [2.05, 4.69) is 20.9 Å². The number of pyridine rings is 1. The van der Waals surface area contributed by atoms with E-state index in [1.807, 2.05) is 0 Å². The van der Waals surface area contributed by atoms with Crippen molar-refractivity contribution >= 4 is 35.3 Å². The van der Waals surface area contributed by atoms with Crippen molar-refractivity contribution < 1.29 is 28.8 Å². The van der Waals surface area contributed by atoms with Gasteiger partial charge in [-0.1, -0.05) is 38.2 Å². The monoisotopic (exact) mass is 638 g/mol. The highest BCUT2D eigenvalue weighted by molar-refractivity contribution is 5.96. The number of carbonyl (C=O) groups is 4. The number of rotatable bonds is 15. The summed E-state index contributed by atoms with van der Waals surface area (Å²) in [6.45, 7) is 6.38. The minimum atomic E-state index is -0.634. The Hall–Kier alpha value is -4.19. The van der Waals surface area contributed by atoms with Crippen LogP contribution in [0.3, 0.4) is 0 Å². The molecule has 0 aliphatic heterocycles. The number of benzene rings is 1. The SMILES string of the molecule is CN(CCON(C(=O)CCCCCCNC(=O)Nc1ccncc1)C1CCCCC1)C(=O)c1cccc(NC(=O)OC(C)(C)C)c1. The molecule has 2 aromatic rings. The summed E-state index contributed by atoms with van der Waals surface area (Å²) in [6.07, 6.45) is 11.5. The van der Waals surface area contributed by atoms with Crippen LogP contribution in [0.1, 0.15) is 95.3 Å². The molecule has 252 valence electrons. The lowest BCUT2D eigenvalue weighted by atomic mass is 9.95. The van der Waals surface area contributed by atoms with Gasteiger partial charge in [0.1, 0.15) is 5.60 Å². The summed E-state index contributed by atoms with van der Waals surface area (Å²) >= 11 is 0. The second-order valence-corrected chi connectivity index (χ2v) is 12.6. The van der Waals surface area contributed by atoms with Gasteiger partial charge in [0.05, 0.1) is 12.6 Å². The topological polar surface area (TPSA) is 142 Å². The van der Waals surface area contributed by atoms with Gasteiger partial charge < -0.3 is 20.3 Å². The average Bonchev–Trinajstić information content (AvgIpc) is 3.02. The normalized spacial score (nSPS) is 13.4. The van der Waals surface area contributed by atoms with Crippen molar-refractivity contribution in [3.05, 3.63) is 54.4 Å². The van der Waals surface area contributed by atoms with Gasteiger partial charge in [-0.05, 0) is 76.8 Å². The summed E-state index contributed by atoms with van der Waals surface area (Å²) in [5, 5.41) is 9.83. The van der Waals surface area contributed by atoms with Crippen molar-refractivity contribution in [3.63, 3.8) is 0 Å². The van der Waals surface area contributed by atoms with Crippen molar-refractivity contribution in [1.82, 2.24) is 20.3 Å². The molecular formula is C34H50N6O6. The number of hydrogen-bond donors (Lipinski definition) is 3. The van der Waals surface area contributed by atoms with E-state index in [4.69, 9.17) is 9.57 Å². The first-order valence-electron chi connectivity index (χ1n) is 16.3. The van der Waals surface area contributed by atoms with Crippen LogP contribution in [0.15, 0.2) is 48.8 Å². The van der Waals surface area contributed by atoms with Crippen LogP contribution in [0, 0.1) is 0 Å². The molecule has 1 fully saturated rings. The second kappa shape index (κ2) is 18.7. The third-order valence-electron chi connectivity index (χ3n) is 7.45. The van der Waals surface area contributed by atoms with Crippen molar-refractivity contribution in [3.8, 4) is 0 Å². The maximum absolute atomic E-state index is 13.2. The number of unbranched alkanes of at least 4 members (excludes halogenated alkanes) is 3. The molecule has 46 heavy (non-hydrogen) atoms. The van der Waals surface area contributed by atoms with Crippen LogP contribution in [0.25, 0.3) is 0 Å². The molecule has 0 saturated heterocycles. The van der Waals surface area contributed by atoms with E-state index < -0.39 is 11.7 Å². The van der Waals surface area contributed by atoms with Crippen LogP contribution in [0.5, 0.6) is 0 Å². The molecule has 0 radical (unpaired) electrons. The molecule has 1 aliphatic rings. The van der Waals surface area contributed by atoms with Gasteiger partial charge >= 0.3 is 12.1 Å². The number of anilines is 2. The highest BCUT2D eigenvalue weighted by Gasteiger charge is 2.26. The fourth-order valence-corrected chi connectivity index (χ4v) is 5.12. The minimum Gasteiger partial charge on any atom is -0.444 e. The first-order chi connectivity index (χ1) is 22.0. The number of hydroxylamine groups is 2. The Balaban J connectivity index is 1.40. The number of carbonyl (C=O) groups excluding carboxylic acids is 4. The molecule has 0 spiro atoms. The van der Waals surface area contributed by atoms with E-state index >= 15 is 0 Å². The zero-order valence-corrected chi connectivity index (χ0v) is 27.7. The maximum Gasteiger partial charge on any atom is 0.412 e. The fraction of sp³-hybridized carbons (Fsp3) is 0.559. The Bertz CT molecular complexity index is 1260. The molecule has 1 aliphatic carbocycles. The standard InChI is InChI=1S/C34H50N6O6/c1-34(2,3)46-33(44)38-28-14-12-13-26(25-28)31(42)39(4)23-24-45-40(29-15-8-7-9-16-29)30(41)17-10-5-6-11-20-36-32(43)37-27-18-21-35-22-19-27/h12-14,18-19,21-22,25,29H,5-11,15-17,20,23-24H2,1-4H3,(H,38,44)(H2,35,36,37,43). The molecule has 1 heterocycles. The van der Waals surface area contributed by atoms with Crippen LogP contribution in [0.4, 0.5) is 21.0 Å². The quantitative estimate of drug-likeness (QED) is 0.152. The maximum atomic E-state index is 13.2. The first kappa shape index (κ1) is 36.3. The van der Waals surface area contributed by atoms with Crippen LogP contribution in [0.2, 0.25) is 0 Å². The summed E-state index contributed by atoms with van der Waals surface area (Å²) in [4.78, 5) is 62.0. The third-order valence-corrected chi connectivity index (χ3v) is 7.45. The van der Waals surface area contributed by atoms with Crippen LogP contribution >= 0.6 is 0 Å². The molecule has 5 amide bonds. The van der Waals surface area contributed by atoms with Crippen molar-refractivity contribution in [2.45, 2.75) is 96.6 Å². The largest absolute Gasteiger partial charge is 0.444 e. The number of amides is 5. The Labute approximate surface area is 272 Å². The molecule has 12 heteroatoms. The van der Waals surface area contributed by atoms with Gasteiger partial charge in [-0.2, -0.15) is 0 Å². The van der Waals surface area contributed by atoms with Gasteiger partial charge in [0.15, 0.2) is 0 Å². The van der Waals surface area contributed by atoms with Crippen molar-refractivity contribution in [2.75, 3.05) is 37.4 Å². The lowest BCUT2D eigenvalue weighted by Gasteiger charge is -2.33. The fourth-order valence-electron chi connectivity index (χ4n) is 5.12. The van der Waals surface area contributed by atoms with E-state index in [1.54, 1.807) is 86.6 Å². The smallest absolute Gasteiger partial charge is 0.412 e. The van der Waals surface area contributed by atoms with E-state index in [9.17, 15) is 19.2 Å². The van der Waals surface area contributed by atoms with E-state index in [0.717, 1.165) is 57.8 Å². The van der Waals surface area contributed by atoms with Crippen molar-refractivity contribution in [1.29, 1.82) is 0 Å². The first-order valence-corrected chi connectivity index (χ1v) is 16.3. The Morgan fingerprint density at radius 1 is 0.913 bits per heavy atom. The number of urea groups is 1. The van der Waals surface area contributed by atoms with E-state index in [-0.39, 0.29) is 30.5 Å². The molecule has 3 rings (SSSR count). The summed E-state index contributed by atoms with van der Waals surface area (Å²) in [5.41, 5.74) is 0.931. The summed E-state index contributed by atoms with van der Waals surface area (Å²) in [6, 6.07) is 9.93. The Morgan fingerprint density at radius 3 is 2.35 bits per heavy atom. The Morgan fingerprint density at radius 2 is 1.63 bits per heavy atom. The molecule has 12 nitrogen and oxygen atoms in total. The molecule has 1 saturated carbocycles. The average molecular weight is 639 g/mol. The molecule has 3 N–H and O–H groups in total. The van der Waals surface area contributed by atoms with Gasteiger partial charge in [-0.15, -0.1) is 0 Å². The number of hydrogen-bond acceptors (Lipinski definition) is 7. The number of ether oxygens (including phenoxy) is 1. The second-order valence-electron chi connectivity index (χ2n) is 12.6. The van der Waals surface area contributed by atoms with E-state index in [0.29, 0.717) is 36.4 Å². The zero-order valence-electron chi connectivity index (χ0n) is 27.7. The highest BCUT2D eigenvalue weighted by atomic mass is 16.7. The summed E-state index contributed by atoms with van der Waals surface area (Å²) < 4.78 is 5.29.